The summed E-state index contributed by atoms with van der Waals surface area (Å²) in [4.78, 5) is 16.5. The van der Waals surface area contributed by atoms with Crippen molar-refractivity contribution in [2.75, 3.05) is 24.4 Å². The molecular formula is C19H23F2N3O3. The predicted molar refractivity (Wildman–Crippen MR) is 99.6 cm³/mol. The molecule has 2 aromatic rings. The maximum atomic E-state index is 12.5. The molecule has 146 valence electrons. The molecule has 0 aliphatic heterocycles. The summed E-state index contributed by atoms with van der Waals surface area (Å²) in [5.74, 6) is 0.138. The molecule has 1 aromatic carbocycles. The summed E-state index contributed by atoms with van der Waals surface area (Å²) in [5, 5.41) is 5.36. The topological polar surface area (TPSA) is 72.5 Å². The molecule has 0 aliphatic rings. The van der Waals surface area contributed by atoms with E-state index in [1.54, 1.807) is 12.1 Å². The molecule has 1 aromatic heterocycles. The number of methoxy groups -OCH3 is 1. The SMILES string of the molecule is COCc1ccc(NC(=O)Nc2ccccc2C(C)C)c(OCC(F)F)n1. The average molecular weight is 379 g/mol. The number of halogens is 2. The van der Waals surface area contributed by atoms with Crippen molar-refractivity contribution < 1.29 is 23.0 Å². The van der Waals surface area contributed by atoms with E-state index in [2.05, 4.69) is 15.6 Å². The van der Waals surface area contributed by atoms with Crippen molar-refractivity contribution in [2.24, 2.45) is 0 Å². The summed E-state index contributed by atoms with van der Waals surface area (Å²) >= 11 is 0. The lowest BCUT2D eigenvalue weighted by Crippen LogP contribution is -2.21. The summed E-state index contributed by atoms with van der Waals surface area (Å²) in [5.41, 5.74) is 2.34. The fourth-order valence-corrected chi connectivity index (χ4v) is 2.44. The van der Waals surface area contributed by atoms with Crippen LogP contribution in [0, 0.1) is 0 Å². The quantitative estimate of drug-likeness (QED) is 0.701. The van der Waals surface area contributed by atoms with E-state index in [4.69, 9.17) is 9.47 Å². The van der Waals surface area contributed by atoms with E-state index < -0.39 is 19.1 Å². The minimum absolute atomic E-state index is 0.0860. The first-order valence-corrected chi connectivity index (χ1v) is 8.47. The van der Waals surface area contributed by atoms with Gasteiger partial charge in [0.05, 0.1) is 12.3 Å². The van der Waals surface area contributed by atoms with Gasteiger partial charge in [-0.15, -0.1) is 0 Å². The Kier molecular flexibility index (Phi) is 7.48. The highest BCUT2D eigenvalue weighted by Crippen LogP contribution is 2.26. The van der Waals surface area contributed by atoms with Gasteiger partial charge in [0.25, 0.3) is 6.43 Å². The zero-order valence-corrected chi connectivity index (χ0v) is 15.5. The number of nitrogens with one attached hydrogen (secondary N) is 2. The smallest absolute Gasteiger partial charge is 0.323 e. The second-order valence-electron chi connectivity index (χ2n) is 6.11. The molecule has 0 atom stereocenters. The van der Waals surface area contributed by atoms with Gasteiger partial charge in [-0.3, -0.25) is 0 Å². The molecule has 0 fully saturated rings. The maximum Gasteiger partial charge on any atom is 0.323 e. The van der Waals surface area contributed by atoms with Gasteiger partial charge >= 0.3 is 6.03 Å². The number of aromatic nitrogens is 1. The highest BCUT2D eigenvalue weighted by Gasteiger charge is 2.15. The highest BCUT2D eigenvalue weighted by molar-refractivity contribution is 6.01. The number of amides is 2. The van der Waals surface area contributed by atoms with Crippen LogP contribution in [-0.4, -0.2) is 31.2 Å². The lowest BCUT2D eigenvalue weighted by molar-refractivity contribution is 0.0796. The van der Waals surface area contributed by atoms with E-state index in [0.717, 1.165) is 5.56 Å². The molecule has 0 aliphatic carbocycles. The summed E-state index contributed by atoms with van der Waals surface area (Å²) in [6.45, 7) is 3.41. The Hall–Kier alpha value is -2.74. The number of carbonyl (C=O) groups excluding carboxylic acids is 1. The van der Waals surface area contributed by atoms with Crippen LogP contribution in [0.4, 0.5) is 25.0 Å². The van der Waals surface area contributed by atoms with Gasteiger partial charge < -0.3 is 20.1 Å². The number of ether oxygens (including phenoxy) is 2. The Morgan fingerprint density at radius 1 is 1.11 bits per heavy atom. The Bertz CT molecular complexity index is 770. The van der Waals surface area contributed by atoms with Crippen LogP contribution >= 0.6 is 0 Å². The lowest BCUT2D eigenvalue weighted by atomic mass is 10.0. The van der Waals surface area contributed by atoms with Crippen LogP contribution in [0.25, 0.3) is 0 Å². The second-order valence-corrected chi connectivity index (χ2v) is 6.11. The van der Waals surface area contributed by atoms with E-state index in [1.807, 2.05) is 32.0 Å². The third-order valence-corrected chi connectivity index (χ3v) is 3.64. The Morgan fingerprint density at radius 2 is 1.81 bits per heavy atom. The minimum Gasteiger partial charge on any atom is -0.470 e. The Balaban J connectivity index is 2.16. The first-order chi connectivity index (χ1) is 12.9. The van der Waals surface area contributed by atoms with Crippen molar-refractivity contribution in [1.29, 1.82) is 0 Å². The average Bonchev–Trinajstić information content (AvgIpc) is 2.62. The summed E-state index contributed by atoms with van der Waals surface area (Å²) in [6, 6.07) is 10.1. The second kappa shape index (κ2) is 9.82. The highest BCUT2D eigenvalue weighted by atomic mass is 19.3. The molecule has 0 saturated heterocycles. The number of hydrogen-bond donors (Lipinski definition) is 2. The monoisotopic (exact) mass is 379 g/mol. The first kappa shape index (κ1) is 20.6. The summed E-state index contributed by atoms with van der Waals surface area (Å²) in [6.07, 6.45) is -2.66. The molecule has 8 heteroatoms. The van der Waals surface area contributed by atoms with Crippen molar-refractivity contribution in [2.45, 2.75) is 32.8 Å². The summed E-state index contributed by atoms with van der Waals surface area (Å²) in [7, 11) is 1.49. The zero-order chi connectivity index (χ0) is 19.8. The predicted octanol–water partition coefficient (Wildman–Crippen LogP) is 4.64. The van der Waals surface area contributed by atoms with E-state index in [0.29, 0.717) is 11.4 Å². The van der Waals surface area contributed by atoms with Crippen LogP contribution in [0.15, 0.2) is 36.4 Å². The van der Waals surface area contributed by atoms with Gasteiger partial charge in [-0.05, 0) is 29.7 Å². The van der Waals surface area contributed by atoms with Crippen molar-refractivity contribution in [3.63, 3.8) is 0 Å². The first-order valence-electron chi connectivity index (χ1n) is 8.47. The molecule has 2 amide bonds. The third-order valence-electron chi connectivity index (χ3n) is 3.64. The molecule has 27 heavy (non-hydrogen) atoms. The molecule has 2 N–H and O–H groups in total. The Morgan fingerprint density at radius 3 is 2.48 bits per heavy atom. The van der Waals surface area contributed by atoms with Gasteiger partial charge in [0.15, 0.2) is 6.61 Å². The van der Waals surface area contributed by atoms with Crippen LogP contribution in [0.3, 0.4) is 0 Å². The number of urea groups is 1. The largest absolute Gasteiger partial charge is 0.470 e. The van der Waals surface area contributed by atoms with Crippen LogP contribution in [0.5, 0.6) is 5.88 Å². The van der Waals surface area contributed by atoms with Gasteiger partial charge in [0.1, 0.15) is 5.69 Å². The number of anilines is 2. The molecule has 2 rings (SSSR count). The molecule has 1 heterocycles. The fraction of sp³-hybridized carbons (Fsp3) is 0.368. The van der Waals surface area contributed by atoms with Crippen LogP contribution in [0.2, 0.25) is 0 Å². The van der Waals surface area contributed by atoms with Gasteiger partial charge in [0.2, 0.25) is 5.88 Å². The minimum atomic E-state index is -2.66. The van der Waals surface area contributed by atoms with Gasteiger partial charge in [-0.25, -0.2) is 18.6 Å². The fourth-order valence-electron chi connectivity index (χ4n) is 2.44. The van der Waals surface area contributed by atoms with Crippen molar-refractivity contribution in [1.82, 2.24) is 4.98 Å². The van der Waals surface area contributed by atoms with Gasteiger partial charge in [-0.2, -0.15) is 0 Å². The zero-order valence-electron chi connectivity index (χ0n) is 15.5. The van der Waals surface area contributed by atoms with Crippen molar-refractivity contribution in [3.8, 4) is 5.88 Å². The Labute approximate surface area is 156 Å². The number of hydrogen-bond acceptors (Lipinski definition) is 4. The standard InChI is InChI=1S/C19H23F2N3O3/c1-12(2)14-6-4-5-7-15(14)23-19(25)24-16-9-8-13(10-26-3)22-18(16)27-11-17(20)21/h4-9,12,17H,10-11H2,1-3H3,(H2,23,24,25). The van der Waals surface area contributed by atoms with Gasteiger partial charge in [-0.1, -0.05) is 32.0 Å². The van der Waals surface area contributed by atoms with Crippen LogP contribution < -0.4 is 15.4 Å². The molecular weight excluding hydrogens is 356 g/mol. The number of alkyl halides is 2. The number of nitrogens with zero attached hydrogens (tertiary/aromatic N) is 1. The number of carbonyl (C=O) groups is 1. The number of pyridine rings is 1. The molecule has 6 nitrogen and oxygen atoms in total. The number of benzene rings is 1. The molecule has 0 spiro atoms. The molecule has 0 bridgehead atoms. The van der Waals surface area contributed by atoms with E-state index in [1.165, 1.54) is 13.2 Å². The molecule has 0 radical (unpaired) electrons. The van der Waals surface area contributed by atoms with E-state index >= 15 is 0 Å². The van der Waals surface area contributed by atoms with Crippen LogP contribution in [-0.2, 0) is 11.3 Å². The normalized spacial score (nSPS) is 10.9. The number of para-hydroxylation sites is 1. The van der Waals surface area contributed by atoms with E-state index in [-0.39, 0.29) is 24.1 Å². The van der Waals surface area contributed by atoms with Gasteiger partial charge in [0, 0.05) is 12.8 Å². The summed E-state index contributed by atoms with van der Waals surface area (Å²) < 4.78 is 35.0. The lowest BCUT2D eigenvalue weighted by Gasteiger charge is -2.16. The maximum absolute atomic E-state index is 12.5. The number of rotatable bonds is 8. The van der Waals surface area contributed by atoms with Crippen molar-refractivity contribution >= 4 is 17.4 Å². The third kappa shape index (κ3) is 6.18. The van der Waals surface area contributed by atoms with Crippen molar-refractivity contribution in [3.05, 3.63) is 47.7 Å². The molecule has 0 unspecified atom stereocenters. The molecule has 0 saturated carbocycles. The van der Waals surface area contributed by atoms with Crippen LogP contribution in [0.1, 0.15) is 31.0 Å². The van der Waals surface area contributed by atoms with E-state index in [9.17, 15) is 13.6 Å².